The fourth-order valence-electron chi connectivity index (χ4n) is 1.57. The summed E-state index contributed by atoms with van der Waals surface area (Å²) in [5, 5.41) is 8.85. The van der Waals surface area contributed by atoms with Crippen molar-refractivity contribution in [2.24, 2.45) is 17.4 Å². The normalized spacial score (nSPS) is 12.4. The van der Waals surface area contributed by atoms with Crippen LogP contribution in [0.1, 0.15) is 32.1 Å². The van der Waals surface area contributed by atoms with E-state index in [0.717, 1.165) is 32.1 Å². The van der Waals surface area contributed by atoms with E-state index in [2.05, 4.69) is 6.58 Å². The second-order valence-electron chi connectivity index (χ2n) is 3.74. The maximum Gasteiger partial charge on any atom is 0.331 e. The van der Waals surface area contributed by atoms with Gasteiger partial charge in [-0.1, -0.05) is 13.0 Å². The van der Waals surface area contributed by atoms with Crippen molar-refractivity contribution in [2.45, 2.75) is 32.1 Å². The average Bonchev–Trinajstić information content (AvgIpc) is 2.22. The molecule has 0 aromatic carbocycles. The van der Waals surface area contributed by atoms with E-state index in [4.69, 9.17) is 16.6 Å². The summed E-state index contributed by atoms with van der Waals surface area (Å²) in [5.74, 6) is -0.845. The third-order valence-electron chi connectivity index (χ3n) is 2.53. The third kappa shape index (κ3) is 6.25. The Hall–Kier alpha value is -0.870. The van der Waals surface area contributed by atoms with Gasteiger partial charge in [-0.25, -0.2) is 4.79 Å². The predicted octanol–water partition coefficient (Wildman–Crippen LogP) is 1.11. The molecule has 15 heavy (non-hydrogen) atoms. The SMILES string of the molecule is C=C(C(=O)O)C(CCCN)CCCCN. The van der Waals surface area contributed by atoms with Crippen LogP contribution in [-0.2, 0) is 4.79 Å². The van der Waals surface area contributed by atoms with Crippen molar-refractivity contribution in [3.63, 3.8) is 0 Å². The summed E-state index contributed by atoms with van der Waals surface area (Å²) in [7, 11) is 0. The molecule has 0 bridgehead atoms. The lowest BCUT2D eigenvalue weighted by atomic mass is 9.90. The lowest BCUT2D eigenvalue weighted by Gasteiger charge is -2.16. The van der Waals surface area contributed by atoms with Crippen LogP contribution in [0.3, 0.4) is 0 Å². The van der Waals surface area contributed by atoms with E-state index in [1.807, 2.05) is 0 Å². The van der Waals surface area contributed by atoms with Crippen molar-refractivity contribution in [3.8, 4) is 0 Å². The zero-order valence-corrected chi connectivity index (χ0v) is 9.24. The summed E-state index contributed by atoms with van der Waals surface area (Å²) in [4.78, 5) is 10.8. The van der Waals surface area contributed by atoms with E-state index in [-0.39, 0.29) is 5.92 Å². The van der Waals surface area contributed by atoms with Gasteiger partial charge in [0.1, 0.15) is 0 Å². The van der Waals surface area contributed by atoms with Gasteiger partial charge in [-0.2, -0.15) is 0 Å². The molecule has 0 rings (SSSR count). The fraction of sp³-hybridized carbons (Fsp3) is 0.727. The van der Waals surface area contributed by atoms with E-state index in [1.165, 1.54) is 0 Å². The first-order valence-corrected chi connectivity index (χ1v) is 5.45. The molecule has 0 saturated heterocycles. The van der Waals surface area contributed by atoms with E-state index >= 15 is 0 Å². The fourth-order valence-corrected chi connectivity index (χ4v) is 1.57. The molecular formula is C11H22N2O2. The Morgan fingerprint density at radius 3 is 2.13 bits per heavy atom. The van der Waals surface area contributed by atoms with Gasteiger partial charge in [0, 0.05) is 5.57 Å². The summed E-state index contributed by atoms with van der Waals surface area (Å²) in [5.41, 5.74) is 11.1. The number of carbonyl (C=O) groups is 1. The Kier molecular flexibility index (Phi) is 7.95. The molecule has 0 spiro atoms. The van der Waals surface area contributed by atoms with Crippen LogP contribution in [0.25, 0.3) is 0 Å². The van der Waals surface area contributed by atoms with Crippen LogP contribution in [0.5, 0.6) is 0 Å². The van der Waals surface area contributed by atoms with Crippen LogP contribution in [-0.4, -0.2) is 24.2 Å². The smallest absolute Gasteiger partial charge is 0.331 e. The molecule has 4 nitrogen and oxygen atoms in total. The molecule has 0 saturated carbocycles. The lowest BCUT2D eigenvalue weighted by molar-refractivity contribution is -0.133. The largest absolute Gasteiger partial charge is 0.478 e. The van der Waals surface area contributed by atoms with Crippen LogP contribution in [0.2, 0.25) is 0 Å². The van der Waals surface area contributed by atoms with Gasteiger partial charge in [0.05, 0.1) is 0 Å². The number of rotatable bonds is 9. The number of aliphatic carboxylic acids is 1. The first-order valence-electron chi connectivity index (χ1n) is 5.45. The molecule has 4 heteroatoms. The van der Waals surface area contributed by atoms with E-state index in [0.29, 0.717) is 18.7 Å². The highest BCUT2D eigenvalue weighted by molar-refractivity contribution is 5.86. The molecule has 0 aliphatic carbocycles. The molecule has 1 unspecified atom stereocenters. The molecular weight excluding hydrogens is 192 g/mol. The molecule has 0 aliphatic rings. The second kappa shape index (κ2) is 8.44. The van der Waals surface area contributed by atoms with Crippen molar-refractivity contribution < 1.29 is 9.90 Å². The first-order chi connectivity index (χ1) is 7.13. The summed E-state index contributed by atoms with van der Waals surface area (Å²) >= 11 is 0. The van der Waals surface area contributed by atoms with Crippen LogP contribution in [0.15, 0.2) is 12.2 Å². The number of unbranched alkanes of at least 4 members (excludes halogenated alkanes) is 1. The standard InChI is InChI=1S/C11H22N2O2/c1-9(11(14)15)10(6-4-8-13)5-2-3-7-12/h10H,1-8,12-13H2,(H,14,15). The van der Waals surface area contributed by atoms with Crippen LogP contribution in [0, 0.1) is 5.92 Å². The highest BCUT2D eigenvalue weighted by atomic mass is 16.4. The van der Waals surface area contributed by atoms with Gasteiger partial charge in [-0.15, -0.1) is 0 Å². The van der Waals surface area contributed by atoms with Crippen molar-refractivity contribution >= 4 is 5.97 Å². The second-order valence-corrected chi connectivity index (χ2v) is 3.74. The van der Waals surface area contributed by atoms with Crippen LogP contribution < -0.4 is 11.5 Å². The Morgan fingerprint density at radius 2 is 1.67 bits per heavy atom. The maximum absolute atomic E-state index is 10.8. The van der Waals surface area contributed by atoms with Gasteiger partial charge in [0.25, 0.3) is 0 Å². The van der Waals surface area contributed by atoms with Gasteiger partial charge < -0.3 is 16.6 Å². The summed E-state index contributed by atoms with van der Waals surface area (Å²) in [6, 6.07) is 0. The lowest BCUT2D eigenvalue weighted by Crippen LogP contribution is -2.14. The Morgan fingerprint density at radius 1 is 1.13 bits per heavy atom. The number of hydrogen-bond donors (Lipinski definition) is 3. The topological polar surface area (TPSA) is 89.3 Å². The third-order valence-corrected chi connectivity index (χ3v) is 2.53. The van der Waals surface area contributed by atoms with Gasteiger partial charge >= 0.3 is 5.97 Å². The van der Waals surface area contributed by atoms with Crippen LogP contribution in [0.4, 0.5) is 0 Å². The minimum Gasteiger partial charge on any atom is -0.478 e. The monoisotopic (exact) mass is 214 g/mol. The number of hydrogen-bond acceptors (Lipinski definition) is 3. The van der Waals surface area contributed by atoms with Gasteiger partial charge in [0.2, 0.25) is 0 Å². The Bertz CT molecular complexity index is 205. The first kappa shape index (κ1) is 14.1. The maximum atomic E-state index is 10.8. The summed E-state index contributed by atoms with van der Waals surface area (Å²) < 4.78 is 0. The van der Waals surface area contributed by atoms with E-state index < -0.39 is 5.97 Å². The quantitative estimate of drug-likeness (QED) is 0.396. The van der Waals surface area contributed by atoms with Crippen molar-refractivity contribution in [3.05, 3.63) is 12.2 Å². The Labute approximate surface area is 91.3 Å². The molecule has 1 atom stereocenters. The van der Waals surface area contributed by atoms with E-state index in [1.54, 1.807) is 0 Å². The Balaban J connectivity index is 4.05. The molecule has 5 N–H and O–H groups in total. The highest BCUT2D eigenvalue weighted by Gasteiger charge is 2.17. The van der Waals surface area contributed by atoms with Crippen LogP contribution >= 0.6 is 0 Å². The number of nitrogens with two attached hydrogens (primary N) is 2. The van der Waals surface area contributed by atoms with Crippen molar-refractivity contribution in [1.29, 1.82) is 0 Å². The van der Waals surface area contributed by atoms with E-state index in [9.17, 15) is 4.79 Å². The summed E-state index contributed by atoms with van der Waals surface area (Å²) in [6.07, 6.45) is 4.40. The zero-order chi connectivity index (χ0) is 11.7. The molecule has 0 aromatic rings. The average molecular weight is 214 g/mol. The van der Waals surface area contributed by atoms with Gasteiger partial charge in [-0.05, 0) is 44.7 Å². The minimum absolute atomic E-state index is 0.0533. The van der Waals surface area contributed by atoms with Gasteiger partial charge in [0.15, 0.2) is 0 Å². The zero-order valence-electron chi connectivity index (χ0n) is 9.24. The molecule has 0 fully saturated rings. The van der Waals surface area contributed by atoms with Gasteiger partial charge in [-0.3, -0.25) is 0 Å². The van der Waals surface area contributed by atoms with Crippen molar-refractivity contribution in [1.82, 2.24) is 0 Å². The predicted molar refractivity (Wildman–Crippen MR) is 61.5 cm³/mol. The summed E-state index contributed by atoms with van der Waals surface area (Å²) in [6.45, 7) is 4.87. The molecule has 88 valence electrons. The molecule has 0 heterocycles. The molecule has 0 aromatic heterocycles. The molecule has 0 amide bonds. The molecule has 0 radical (unpaired) electrons. The minimum atomic E-state index is -0.898. The number of carboxylic acids is 1. The number of carboxylic acid groups (broad SMARTS) is 1. The van der Waals surface area contributed by atoms with Crippen molar-refractivity contribution in [2.75, 3.05) is 13.1 Å². The molecule has 0 aliphatic heterocycles. The highest BCUT2D eigenvalue weighted by Crippen LogP contribution is 2.22.